The van der Waals surface area contributed by atoms with Gasteiger partial charge in [-0.15, -0.1) is 0 Å². The Hall–Kier alpha value is -1.75. The molecule has 0 aliphatic carbocycles. The van der Waals surface area contributed by atoms with Crippen LogP contribution < -0.4 is 10.1 Å². The summed E-state index contributed by atoms with van der Waals surface area (Å²) in [4.78, 5) is 12.2. The predicted octanol–water partition coefficient (Wildman–Crippen LogP) is 4.27. The Labute approximate surface area is 138 Å². The van der Waals surface area contributed by atoms with Crippen molar-refractivity contribution in [3.8, 4) is 5.75 Å². The van der Waals surface area contributed by atoms with Crippen molar-refractivity contribution in [1.29, 1.82) is 0 Å². The topological polar surface area (TPSA) is 47.6 Å². The molecule has 2 aromatic carbocycles. The molecule has 0 saturated heterocycles. The molecule has 0 fully saturated rings. The molecule has 0 unspecified atom stereocenters. The molecule has 1 amide bonds. The fourth-order valence-corrected chi connectivity index (χ4v) is 2.24. The lowest BCUT2D eigenvalue weighted by Crippen LogP contribution is -2.12. The number of anilines is 1. The first-order chi connectivity index (χ1) is 10.6. The van der Waals surface area contributed by atoms with Crippen molar-refractivity contribution in [3.63, 3.8) is 0 Å². The maximum absolute atomic E-state index is 12.2. The molecule has 4 nitrogen and oxygen atoms in total. The number of halogens is 2. The van der Waals surface area contributed by atoms with Crippen LogP contribution in [0.1, 0.15) is 10.4 Å². The van der Waals surface area contributed by atoms with Crippen molar-refractivity contribution in [2.75, 3.05) is 25.6 Å². The van der Waals surface area contributed by atoms with E-state index in [1.165, 1.54) is 0 Å². The summed E-state index contributed by atoms with van der Waals surface area (Å²) in [6.45, 7) is 0.963. The number of amides is 1. The van der Waals surface area contributed by atoms with Gasteiger partial charge in [0.15, 0.2) is 0 Å². The van der Waals surface area contributed by atoms with Crippen LogP contribution in [0.15, 0.2) is 42.5 Å². The highest BCUT2D eigenvalue weighted by atomic mass is 35.5. The average molecular weight is 340 g/mol. The molecule has 0 atom stereocenters. The summed E-state index contributed by atoms with van der Waals surface area (Å²) in [6.07, 6.45) is 0. The van der Waals surface area contributed by atoms with Gasteiger partial charge in [-0.1, -0.05) is 29.3 Å². The number of hydrogen-bond donors (Lipinski definition) is 1. The van der Waals surface area contributed by atoms with Gasteiger partial charge >= 0.3 is 0 Å². The van der Waals surface area contributed by atoms with Crippen LogP contribution in [0.5, 0.6) is 5.75 Å². The van der Waals surface area contributed by atoms with Crippen LogP contribution in [0, 0.1) is 0 Å². The van der Waals surface area contributed by atoms with E-state index in [1.54, 1.807) is 49.6 Å². The summed E-state index contributed by atoms with van der Waals surface area (Å²) in [5.41, 5.74) is 0.881. The molecule has 2 aromatic rings. The monoisotopic (exact) mass is 339 g/mol. The minimum atomic E-state index is -0.293. The van der Waals surface area contributed by atoms with E-state index in [0.29, 0.717) is 40.3 Å². The largest absolute Gasteiger partial charge is 0.491 e. The van der Waals surface area contributed by atoms with E-state index >= 15 is 0 Å². The smallest absolute Gasteiger partial charge is 0.255 e. The first kappa shape index (κ1) is 16.6. The van der Waals surface area contributed by atoms with Gasteiger partial charge in [0.2, 0.25) is 0 Å². The van der Waals surface area contributed by atoms with Crippen molar-refractivity contribution in [1.82, 2.24) is 0 Å². The van der Waals surface area contributed by atoms with Crippen LogP contribution in [0.4, 0.5) is 5.69 Å². The molecular formula is C16H15Cl2NO3. The molecule has 22 heavy (non-hydrogen) atoms. The van der Waals surface area contributed by atoms with Crippen LogP contribution in [-0.4, -0.2) is 26.2 Å². The Balaban J connectivity index is 2.04. The standard InChI is InChI=1S/C16H15Cl2NO3/c1-21-9-10-22-12-7-5-11(6-8-12)16(20)19-15-13(17)3-2-4-14(15)18/h2-8H,9-10H2,1H3,(H,19,20). The first-order valence-electron chi connectivity index (χ1n) is 6.59. The molecule has 116 valence electrons. The van der Waals surface area contributed by atoms with Crippen molar-refractivity contribution in [3.05, 3.63) is 58.1 Å². The molecule has 0 saturated carbocycles. The van der Waals surface area contributed by atoms with Crippen LogP contribution >= 0.6 is 23.2 Å². The Morgan fingerprint density at radius 2 is 1.68 bits per heavy atom. The van der Waals surface area contributed by atoms with Gasteiger partial charge in [-0.3, -0.25) is 4.79 Å². The zero-order chi connectivity index (χ0) is 15.9. The second-order valence-electron chi connectivity index (χ2n) is 4.42. The van der Waals surface area contributed by atoms with E-state index in [9.17, 15) is 4.79 Å². The summed E-state index contributed by atoms with van der Waals surface area (Å²) < 4.78 is 10.3. The van der Waals surface area contributed by atoms with Crippen LogP contribution in [0.25, 0.3) is 0 Å². The number of nitrogens with one attached hydrogen (secondary N) is 1. The predicted molar refractivity (Wildman–Crippen MR) is 88.2 cm³/mol. The molecule has 0 bridgehead atoms. The normalized spacial score (nSPS) is 10.3. The van der Waals surface area contributed by atoms with E-state index in [4.69, 9.17) is 32.7 Å². The lowest BCUT2D eigenvalue weighted by atomic mass is 10.2. The van der Waals surface area contributed by atoms with Gasteiger partial charge in [-0.2, -0.15) is 0 Å². The minimum absolute atomic E-state index is 0.293. The molecule has 0 aromatic heterocycles. The zero-order valence-electron chi connectivity index (χ0n) is 11.9. The molecule has 0 aliphatic heterocycles. The van der Waals surface area contributed by atoms with Crippen LogP contribution in [0.3, 0.4) is 0 Å². The number of ether oxygens (including phenoxy) is 2. The van der Waals surface area contributed by atoms with Gasteiger partial charge in [0, 0.05) is 12.7 Å². The average Bonchev–Trinajstić information content (AvgIpc) is 2.52. The Morgan fingerprint density at radius 3 is 2.27 bits per heavy atom. The highest BCUT2D eigenvalue weighted by molar-refractivity contribution is 6.40. The lowest BCUT2D eigenvalue weighted by molar-refractivity contribution is 0.102. The number of rotatable bonds is 6. The SMILES string of the molecule is COCCOc1ccc(C(=O)Nc2c(Cl)cccc2Cl)cc1. The van der Waals surface area contributed by atoms with E-state index in [2.05, 4.69) is 5.32 Å². The van der Waals surface area contributed by atoms with E-state index in [-0.39, 0.29) is 5.91 Å². The lowest BCUT2D eigenvalue weighted by Gasteiger charge is -2.10. The molecule has 0 heterocycles. The third kappa shape index (κ3) is 4.37. The quantitative estimate of drug-likeness (QED) is 0.799. The number of carbonyl (C=O) groups excluding carboxylic acids is 1. The summed E-state index contributed by atoms with van der Waals surface area (Å²) in [5, 5.41) is 3.48. The number of hydrogen-bond acceptors (Lipinski definition) is 3. The summed E-state index contributed by atoms with van der Waals surface area (Å²) in [6, 6.07) is 11.8. The molecule has 0 spiro atoms. The third-order valence-corrected chi connectivity index (χ3v) is 3.50. The van der Waals surface area contributed by atoms with Gasteiger partial charge in [0.1, 0.15) is 12.4 Å². The van der Waals surface area contributed by atoms with Gasteiger partial charge in [0.05, 0.1) is 22.3 Å². The fourth-order valence-electron chi connectivity index (χ4n) is 1.75. The molecule has 0 aliphatic rings. The van der Waals surface area contributed by atoms with Gasteiger partial charge in [-0.05, 0) is 36.4 Å². The molecule has 0 radical (unpaired) electrons. The minimum Gasteiger partial charge on any atom is -0.491 e. The maximum atomic E-state index is 12.2. The van der Waals surface area contributed by atoms with Crippen molar-refractivity contribution < 1.29 is 14.3 Å². The maximum Gasteiger partial charge on any atom is 0.255 e. The summed E-state index contributed by atoms with van der Waals surface area (Å²) in [7, 11) is 1.61. The molecular weight excluding hydrogens is 325 g/mol. The van der Waals surface area contributed by atoms with E-state index in [0.717, 1.165) is 0 Å². The Morgan fingerprint density at radius 1 is 1.05 bits per heavy atom. The summed E-state index contributed by atoms with van der Waals surface area (Å²) in [5.74, 6) is 0.378. The van der Waals surface area contributed by atoms with Gasteiger partial charge < -0.3 is 14.8 Å². The first-order valence-corrected chi connectivity index (χ1v) is 7.34. The number of para-hydroxylation sites is 1. The van der Waals surface area contributed by atoms with Crippen LogP contribution in [0.2, 0.25) is 10.0 Å². The van der Waals surface area contributed by atoms with Crippen LogP contribution in [-0.2, 0) is 4.74 Å². The van der Waals surface area contributed by atoms with Crippen molar-refractivity contribution >= 4 is 34.8 Å². The number of benzene rings is 2. The summed E-state index contributed by atoms with van der Waals surface area (Å²) >= 11 is 12.1. The molecule has 2 rings (SSSR count). The Bertz CT molecular complexity index is 624. The highest BCUT2D eigenvalue weighted by Crippen LogP contribution is 2.30. The second-order valence-corrected chi connectivity index (χ2v) is 5.23. The van der Waals surface area contributed by atoms with Gasteiger partial charge in [-0.25, -0.2) is 0 Å². The molecule has 6 heteroatoms. The molecule has 1 N–H and O–H groups in total. The third-order valence-electron chi connectivity index (χ3n) is 2.87. The van der Waals surface area contributed by atoms with E-state index in [1.807, 2.05) is 0 Å². The number of carbonyl (C=O) groups is 1. The second kappa shape index (κ2) is 8.03. The highest BCUT2D eigenvalue weighted by Gasteiger charge is 2.11. The van der Waals surface area contributed by atoms with E-state index < -0.39 is 0 Å². The van der Waals surface area contributed by atoms with Crippen molar-refractivity contribution in [2.45, 2.75) is 0 Å². The fraction of sp³-hybridized carbons (Fsp3) is 0.188. The van der Waals surface area contributed by atoms with Crippen molar-refractivity contribution in [2.24, 2.45) is 0 Å². The van der Waals surface area contributed by atoms with Gasteiger partial charge in [0.25, 0.3) is 5.91 Å². The Kier molecular flexibility index (Phi) is 6.07. The zero-order valence-corrected chi connectivity index (χ0v) is 13.4. The number of methoxy groups -OCH3 is 1.